The average molecular weight is 1140 g/mol. The molecule has 0 unspecified atom stereocenters. The van der Waals surface area contributed by atoms with Crippen LogP contribution < -0.4 is 25.5 Å². The summed E-state index contributed by atoms with van der Waals surface area (Å²) in [4.78, 5) is 5.09. The van der Waals surface area contributed by atoms with Crippen LogP contribution in [-0.2, 0) is 45.6 Å². The lowest BCUT2D eigenvalue weighted by atomic mass is 9.79. The molecule has 11 nitrogen and oxygen atoms in total. The van der Waals surface area contributed by atoms with Crippen LogP contribution in [-0.4, -0.2) is 104 Å². The van der Waals surface area contributed by atoms with Gasteiger partial charge in [-0.05, 0) is 86.0 Å². The maximum absolute atomic E-state index is 10.5. The lowest BCUT2D eigenvalue weighted by Crippen LogP contribution is -2.69. The summed E-state index contributed by atoms with van der Waals surface area (Å²) in [7, 11) is -0.826. The molecule has 1 aromatic heterocycles. The quantitative estimate of drug-likeness (QED) is 0.0488. The lowest BCUT2D eigenvalue weighted by Gasteiger charge is -2.49. The first-order valence-corrected chi connectivity index (χ1v) is 32.7. The fourth-order valence-corrected chi connectivity index (χ4v) is 21.9. The first-order chi connectivity index (χ1) is 38.8. The topological polar surface area (TPSA) is 120 Å². The molecule has 3 heterocycles. The van der Waals surface area contributed by atoms with Crippen LogP contribution in [0.2, 0.25) is 10.1 Å². The summed E-state index contributed by atoms with van der Waals surface area (Å²) in [5.74, 6) is 0.133. The molecule has 2 aliphatic heterocycles. The van der Waals surface area contributed by atoms with Crippen molar-refractivity contribution >= 4 is 43.5 Å². The Morgan fingerprint density at radius 2 is 1.28 bits per heavy atom. The monoisotopic (exact) mass is 1140 g/mol. The second-order valence-corrected chi connectivity index (χ2v) is 33.0. The van der Waals surface area contributed by atoms with E-state index in [0.717, 1.165) is 32.8 Å². The van der Waals surface area contributed by atoms with Crippen molar-refractivity contribution in [3.63, 3.8) is 0 Å². The largest absolute Gasteiger partial charge is 0.497 e. The predicted molar refractivity (Wildman–Crippen MR) is 329 cm³/mol. The Labute approximate surface area is 485 Å². The van der Waals surface area contributed by atoms with Crippen LogP contribution in [0.15, 0.2) is 173 Å². The number of oxazole rings is 1. The van der Waals surface area contributed by atoms with E-state index in [9.17, 15) is 5.11 Å². The second kappa shape index (κ2) is 27.0. The van der Waals surface area contributed by atoms with E-state index in [4.69, 9.17) is 46.7 Å². The van der Waals surface area contributed by atoms with E-state index in [2.05, 4.69) is 190 Å². The van der Waals surface area contributed by atoms with Crippen LogP contribution in [0.4, 0.5) is 0 Å². The first kappa shape index (κ1) is 61.8. The molecule has 434 valence electrons. The Kier molecular flexibility index (Phi) is 20.6. The van der Waals surface area contributed by atoms with Crippen LogP contribution in [0, 0.1) is 11.8 Å². The zero-order chi connectivity index (χ0) is 58.0. The van der Waals surface area contributed by atoms with Crippen LogP contribution in [0.3, 0.4) is 0 Å². The van der Waals surface area contributed by atoms with Crippen molar-refractivity contribution in [1.29, 1.82) is 0 Å². The van der Waals surface area contributed by atoms with Crippen LogP contribution in [0.1, 0.15) is 106 Å². The van der Waals surface area contributed by atoms with Crippen molar-refractivity contribution in [2.75, 3.05) is 34.5 Å². The number of hydrogen-bond donors (Lipinski definition) is 1. The fraction of sp³-hybridized carbons (Fsp3) is 0.456. The van der Waals surface area contributed by atoms with Crippen LogP contribution in [0.5, 0.6) is 5.75 Å². The number of methoxy groups -OCH3 is 3. The number of benzene rings is 5. The lowest BCUT2D eigenvalue weighted by molar-refractivity contribution is -0.297. The first-order valence-electron chi connectivity index (χ1n) is 28.9. The molecule has 0 aliphatic carbocycles. The number of nitrogens with zero attached hydrogens (tertiary/aromatic N) is 1. The molecule has 0 bridgehead atoms. The summed E-state index contributed by atoms with van der Waals surface area (Å²) in [6, 6.07) is 50.8. The van der Waals surface area contributed by atoms with E-state index < -0.39 is 34.6 Å². The molecule has 0 spiro atoms. The number of ether oxygens (including phenoxy) is 6. The van der Waals surface area contributed by atoms with Gasteiger partial charge in [-0.2, -0.15) is 0 Å². The van der Waals surface area contributed by atoms with Gasteiger partial charge in [0.05, 0.1) is 63.4 Å². The summed E-state index contributed by atoms with van der Waals surface area (Å²) >= 11 is 0. The maximum Gasteiger partial charge on any atom is 0.262 e. The van der Waals surface area contributed by atoms with E-state index in [1.807, 2.05) is 37.3 Å². The highest BCUT2D eigenvalue weighted by molar-refractivity contribution is 7.00. The number of rotatable bonds is 23. The molecule has 6 aromatic rings. The van der Waals surface area contributed by atoms with E-state index >= 15 is 0 Å². The minimum atomic E-state index is -3.11. The standard InChI is InChI=1S/C68H89NO10Si2/c1-48(45-70)40-62(79-81(67(8,9)10,58-30-22-16-23-31-58)59-32-24-17-25-33-59)61-42-55(72-12)43-68(73-13,78-61)44-63-69-53(47-74-63)41-49(2)64-51(4)65(75-46-52-34-36-54(71-11)37-35-52)50(3)60(77-64)38-39-76-80(66(5,6)7,56-26-18-14-19-27-56)57-28-20-15-21-29-57/h14-37,40-41,47,50-51,55,60-62,64-65,70H,38-39,42-46H2,1-13H3/b48-40+,49-41+/t50-,51-,55+,60+,61+,62+,64-,65-,68-/m0/s1. The van der Waals surface area contributed by atoms with Gasteiger partial charge in [-0.1, -0.05) is 195 Å². The highest BCUT2D eigenvalue weighted by Crippen LogP contribution is 2.43. The highest BCUT2D eigenvalue weighted by atomic mass is 28.4. The molecule has 0 radical (unpaired) electrons. The molecule has 8 rings (SSSR count). The average Bonchev–Trinajstić information content (AvgIpc) is 3.94. The number of aliphatic hydroxyl groups excluding tert-OH is 1. The van der Waals surface area contributed by atoms with Crippen molar-refractivity contribution in [1.82, 2.24) is 4.98 Å². The van der Waals surface area contributed by atoms with Crippen molar-refractivity contribution in [2.24, 2.45) is 11.8 Å². The molecule has 2 saturated heterocycles. The highest BCUT2D eigenvalue weighted by Gasteiger charge is 2.55. The summed E-state index contributed by atoms with van der Waals surface area (Å²) in [5.41, 5.74) is 3.52. The Morgan fingerprint density at radius 3 is 1.78 bits per heavy atom. The number of hydrogen-bond acceptors (Lipinski definition) is 11. The van der Waals surface area contributed by atoms with Crippen molar-refractivity contribution in [2.45, 2.75) is 154 Å². The maximum atomic E-state index is 10.5. The van der Waals surface area contributed by atoms with E-state index in [1.54, 1.807) is 27.6 Å². The van der Waals surface area contributed by atoms with Gasteiger partial charge in [-0.15, -0.1) is 0 Å². The van der Waals surface area contributed by atoms with Gasteiger partial charge in [0.2, 0.25) is 0 Å². The molecule has 0 saturated carbocycles. The SMILES string of the molecule is COc1ccc(CO[C@H]2[C@@H](C)[C@@H](CCO[Si](c3ccccc3)(c3ccccc3)C(C)(C)C)O[C@@H](/C(C)=C/c3coc(C[C@]4(OC)C[C@H](OC)C[C@H]([C@@H](/C=C(\C)CO)O[Si](c5ccccc5)(c5ccccc5)C(C)(C)C)O4)n3)[C@@H]2C)cc1. The van der Waals surface area contributed by atoms with Gasteiger partial charge in [-0.3, -0.25) is 0 Å². The minimum absolute atomic E-state index is 0.00688. The third kappa shape index (κ3) is 13.9. The van der Waals surface area contributed by atoms with Gasteiger partial charge in [0, 0.05) is 45.5 Å². The third-order valence-electron chi connectivity index (χ3n) is 16.9. The Morgan fingerprint density at radius 1 is 0.741 bits per heavy atom. The van der Waals surface area contributed by atoms with Gasteiger partial charge in [0.1, 0.15) is 17.7 Å². The molecule has 13 heteroatoms. The Bertz CT molecular complexity index is 2860. The summed E-state index contributed by atoms with van der Waals surface area (Å²) in [5, 5.41) is 14.8. The van der Waals surface area contributed by atoms with Gasteiger partial charge in [-0.25, -0.2) is 4.98 Å². The second-order valence-electron chi connectivity index (χ2n) is 24.5. The molecule has 9 atom stereocenters. The number of aliphatic hydroxyl groups is 1. The van der Waals surface area contributed by atoms with Crippen molar-refractivity contribution in [3.8, 4) is 5.75 Å². The van der Waals surface area contributed by atoms with E-state index in [1.165, 1.54) is 10.4 Å². The summed E-state index contributed by atoms with van der Waals surface area (Å²) in [6.45, 7) is 23.1. The van der Waals surface area contributed by atoms with Crippen LogP contribution >= 0.6 is 0 Å². The van der Waals surface area contributed by atoms with E-state index in [-0.39, 0.29) is 59.4 Å². The van der Waals surface area contributed by atoms with Crippen LogP contribution in [0.25, 0.3) is 6.08 Å². The number of aromatic nitrogens is 1. The molecular formula is C68H89NO10Si2. The molecule has 1 N–H and O–H groups in total. The molecule has 2 fully saturated rings. The minimum Gasteiger partial charge on any atom is -0.497 e. The van der Waals surface area contributed by atoms with Gasteiger partial charge < -0.3 is 46.8 Å². The Balaban J connectivity index is 1.07. The molecule has 0 amide bonds. The molecular weight excluding hydrogens is 1050 g/mol. The van der Waals surface area contributed by atoms with Crippen molar-refractivity contribution < 1.29 is 46.8 Å². The van der Waals surface area contributed by atoms with Crippen molar-refractivity contribution in [3.05, 3.63) is 186 Å². The normalized spacial score (nSPS) is 23.8. The molecule has 5 aromatic carbocycles. The van der Waals surface area contributed by atoms with Gasteiger partial charge in [0.15, 0.2) is 11.7 Å². The Hall–Kier alpha value is -5.30. The fourth-order valence-electron chi connectivity index (χ4n) is 12.7. The van der Waals surface area contributed by atoms with Gasteiger partial charge in [0.25, 0.3) is 16.6 Å². The van der Waals surface area contributed by atoms with Gasteiger partial charge >= 0.3 is 0 Å². The zero-order valence-corrected chi connectivity index (χ0v) is 52.2. The smallest absolute Gasteiger partial charge is 0.262 e. The summed E-state index contributed by atoms with van der Waals surface area (Å²) in [6.07, 6.45) is 5.69. The molecule has 81 heavy (non-hydrogen) atoms. The third-order valence-corrected chi connectivity index (χ3v) is 26.9. The van der Waals surface area contributed by atoms with E-state index in [0.29, 0.717) is 44.1 Å². The zero-order valence-electron chi connectivity index (χ0n) is 50.2. The predicted octanol–water partition coefficient (Wildman–Crippen LogP) is 11.6. The molecule has 2 aliphatic rings. The summed E-state index contributed by atoms with van der Waals surface area (Å²) < 4.78 is 61.1.